The number of nitrogens with zero attached hydrogens (tertiary/aromatic N) is 2. The predicted octanol–water partition coefficient (Wildman–Crippen LogP) is 1.27. The Bertz CT molecular complexity index is 221. The summed E-state index contributed by atoms with van der Waals surface area (Å²) in [5.41, 5.74) is 0. The Morgan fingerprint density at radius 2 is 1.56 bits per heavy atom. The third-order valence-corrected chi connectivity index (χ3v) is 3.71. The first-order chi connectivity index (χ1) is 7.60. The summed E-state index contributed by atoms with van der Waals surface area (Å²) >= 11 is 0. The minimum absolute atomic E-state index is 0.344. The van der Waals surface area contributed by atoms with Crippen molar-refractivity contribution in [2.45, 2.75) is 45.7 Å². The third-order valence-electron chi connectivity index (χ3n) is 3.71. The molecule has 4 heteroatoms. The second kappa shape index (κ2) is 6.21. The molecule has 0 amide bonds. The highest BCUT2D eigenvalue weighted by Gasteiger charge is 2.27. The molecule has 1 atom stereocenters. The fourth-order valence-corrected chi connectivity index (χ4v) is 2.45. The first-order valence-corrected chi connectivity index (χ1v) is 6.31. The zero-order valence-electron chi connectivity index (χ0n) is 10.6. The minimum Gasteiger partial charge on any atom is -0.480 e. The molecule has 0 aromatic heterocycles. The van der Waals surface area contributed by atoms with Crippen LogP contribution >= 0.6 is 0 Å². The molecule has 0 spiro atoms. The van der Waals surface area contributed by atoms with Gasteiger partial charge in [-0.15, -0.1) is 0 Å². The SMILES string of the molecule is CCC(CC)N1CCN(C(C)C(=O)O)CC1. The molecule has 1 aliphatic rings. The summed E-state index contributed by atoms with van der Waals surface area (Å²) in [6, 6.07) is 0.325. The van der Waals surface area contributed by atoms with Crippen LogP contribution in [0.4, 0.5) is 0 Å². The van der Waals surface area contributed by atoms with E-state index in [0.717, 1.165) is 26.2 Å². The van der Waals surface area contributed by atoms with Crippen molar-refractivity contribution in [1.82, 2.24) is 9.80 Å². The maximum atomic E-state index is 10.9. The van der Waals surface area contributed by atoms with Crippen LogP contribution in [0.25, 0.3) is 0 Å². The smallest absolute Gasteiger partial charge is 0.320 e. The van der Waals surface area contributed by atoms with Gasteiger partial charge in [0.25, 0.3) is 0 Å². The molecule has 16 heavy (non-hydrogen) atoms. The molecule has 0 saturated carbocycles. The Morgan fingerprint density at radius 1 is 1.12 bits per heavy atom. The lowest BCUT2D eigenvalue weighted by atomic mass is 10.1. The minimum atomic E-state index is -0.712. The number of piperazine rings is 1. The highest BCUT2D eigenvalue weighted by molar-refractivity contribution is 5.72. The Hall–Kier alpha value is -0.610. The molecule has 0 aliphatic carbocycles. The average molecular weight is 228 g/mol. The highest BCUT2D eigenvalue weighted by atomic mass is 16.4. The number of rotatable bonds is 5. The summed E-state index contributed by atoms with van der Waals surface area (Å²) in [4.78, 5) is 15.4. The average Bonchev–Trinajstić information content (AvgIpc) is 2.30. The summed E-state index contributed by atoms with van der Waals surface area (Å²) in [5.74, 6) is -0.712. The van der Waals surface area contributed by atoms with Crippen molar-refractivity contribution in [1.29, 1.82) is 0 Å². The van der Waals surface area contributed by atoms with Crippen molar-refractivity contribution >= 4 is 5.97 Å². The molecule has 1 heterocycles. The van der Waals surface area contributed by atoms with E-state index in [1.54, 1.807) is 6.92 Å². The first kappa shape index (κ1) is 13.5. The quantitative estimate of drug-likeness (QED) is 0.769. The standard InChI is InChI=1S/C12H24N2O2/c1-4-11(5-2)14-8-6-13(7-9-14)10(3)12(15)16/h10-11H,4-9H2,1-3H3,(H,15,16). The van der Waals surface area contributed by atoms with E-state index in [-0.39, 0.29) is 6.04 Å². The number of aliphatic carboxylic acids is 1. The molecule has 4 nitrogen and oxygen atoms in total. The lowest BCUT2D eigenvalue weighted by molar-refractivity contribution is -0.143. The maximum Gasteiger partial charge on any atom is 0.320 e. The predicted molar refractivity (Wildman–Crippen MR) is 64.6 cm³/mol. The van der Waals surface area contributed by atoms with Gasteiger partial charge >= 0.3 is 5.97 Å². The zero-order valence-corrected chi connectivity index (χ0v) is 10.6. The van der Waals surface area contributed by atoms with E-state index < -0.39 is 5.97 Å². The molecule has 1 fully saturated rings. The van der Waals surface area contributed by atoms with Crippen molar-refractivity contribution in [3.63, 3.8) is 0 Å². The second-order valence-electron chi connectivity index (χ2n) is 4.56. The summed E-state index contributed by atoms with van der Waals surface area (Å²) in [5, 5.41) is 8.95. The van der Waals surface area contributed by atoms with E-state index in [0.29, 0.717) is 6.04 Å². The van der Waals surface area contributed by atoms with E-state index in [9.17, 15) is 4.79 Å². The molecule has 1 N–H and O–H groups in total. The number of carbonyl (C=O) groups is 1. The van der Waals surface area contributed by atoms with Crippen LogP contribution in [-0.2, 0) is 4.79 Å². The van der Waals surface area contributed by atoms with Gasteiger partial charge in [0.2, 0.25) is 0 Å². The lowest BCUT2D eigenvalue weighted by Gasteiger charge is -2.40. The molecule has 0 aromatic carbocycles. The molecule has 1 saturated heterocycles. The van der Waals surface area contributed by atoms with Crippen LogP contribution < -0.4 is 0 Å². The molecular formula is C12H24N2O2. The fraction of sp³-hybridized carbons (Fsp3) is 0.917. The van der Waals surface area contributed by atoms with Crippen LogP contribution in [0.15, 0.2) is 0 Å². The molecule has 0 bridgehead atoms. The van der Waals surface area contributed by atoms with Gasteiger partial charge in [0.05, 0.1) is 0 Å². The highest BCUT2D eigenvalue weighted by Crippen LogP contribution is 2.13. The van der Waals surface area contributed by atoms with Crippen LogP contribution in [0.2, 0.25) is 0 Å². The molecule has 1 aliphatic heterocycles. The van der Waals surface area contributed by atoms with E-state index >= 15 is 0 Å². The van der Waals surface area contributed by atoms with Gasteiger partial charge in [-0.1, -0.05) is 13.8 Å². The summed E-state index contributed by atoms with van der Waals surface area (Å²) in [7, 11) is 0. The number of carboxylic acid groups (broad SMARTS) is 1. The summed E-state index contributed by atoms with van der Waals surface area (Å²) in [6.45, 7) is 9.98. The van der Waals surface area contributed by atoms with Crippen LogP contribution in [0.5, 0.6) is 0 Å². The summed E-state index contributed by atoms with van der Waals surface area (Å²) in [6.07, 6.45) is 2.37. The monoisotopic (exact) mass is 228 g/mol. The molecular weight excluding hydrogens is 204 g/mol. The van der Waals surface area contributed by atoms with Crippen molar-refractivity contribution in [2.75, 3.05) is 26.2 Å². The van der Waals surface area contributed by atoms with E-state index in [4.69, 9.17) is 5.11 Å². The lowest BCUT2D eigenvalue weighted by Crippen LogP contribution is -2.54. The zero-order chi connectivity index (χ0) is 12.1. The third kappa shape index (κ3) is 3.19. The number of carboxylic acids is 1. The Kier molecular flexibility index (Phi) is 5.22. The molecule has 1 unspecified atom stereocenters. The van der Waals surface area contributed by atoms with Crippen molar-refractivity contribution < 1.29 is 9.90 Å². The van der Waals surface area contributed by atoms with Gasteiger partial charge in [0.1, 0.15) is 6.04 Å². The molecule has 1 rings (SSSR count). The number of hydrogen-bond donors (Lipinski definition) is 1. The van der Waals surface area contributed by atoms with Gasteiger partial charge in [-0.3, -0.25) is 14.6 Å². The van der Waals surface area contributed by atoms with Crippen molar-refractivity contribution in [3.05, 3.63) is 0 Å². The second-order valence-corrected chi connectivity index (χ2v) is 4.56. The first-order valence-electron chi connectivity index (χ1n) is 6.31. The number of hydrogen-bond acceptors (Lipinski definition) is 3. The normalized spacial score (nSPS) is 21.2. The summed E-state index contributed by atoms with van der Waals surface area (Å²) < 4.78 is 0. The topological polar surface area (TPSA) is 43.8 Å². The van der Waals surface area contributed by atoms with Crippen LogP contribution in [0.3, 0.4) is 0 Å². The van der Waals surface area contributed by atoms with Crippen LogP contribution in [0.1, 0.15) is 33.6 Å². The van der Waals surface area contributed by atoms with Crippen LogP contribution in [-0.4, -0.2) is 59.1 Å². The van der Waals surface area contributed by atoms with Crippen molar-refractivity contribution in [3.8, 4) is 0 Å². The van der Waals surface area contributed by atoms with Gasteiger partial charge in [-0.25, -0.2) is 0 Å². The Labute approximate surface area is 98.2 Å². The Morgan fingerprint density at radius 3 is 1.94 bits per heavy atom. The van der Waals surface area contributed by atoms with E-state index in [2.05, 4.69) is 23.6 Å². The van der Waals surface area contributed by atoms with Gasteiger partial charge < -0.3 is 5.11 Å². The fourth-order valence-electron chi connectivity index (χ4n) is 2.45. The molecule has 0 radical (unpaired) electrons. The van der Waals surface area contributed by atoms with Crippen LogP contribution in [0, 0.1) is 0 Å². The largest absolute Gasteiger partial charge is 0.480 e. The van der Waals surface area contributed by atoms with Gasteiger partial charge in [-0.2, -0.15) is 0 Å². The van der Waals surface area contributed by atoms with Gasteiger partial charge in [0, 0.05) is 32.2 Å². The van der Waals surface area contributed by atoms with Gasteiger partial charge in [-0.05, 0) is 19.8 Å². The maximum absolute atomic E-state index is 10.9. The molecule has 0 aromatic rings. The van der Waals surface area contributed by atoms with E-state index in [1.165, 1.54) is 12.8 Å². The van der Waals surface area contributed by atoms with Crippen molar-refractivity contribution in [2.24, 2.45) is 0 Å². The van der Waals surface area contributed by atoms with E-state index in [1.807, 2.05) is 0 Å². The van der Waals surface area contributed by atoms with Gasteiger partial charge in [0.15, 0.2) is 0 Å². The molecule has 94 valence electrons. The Balaban J connectivity index is 2.41.